The molecule has 2 aromatic carbocycles. The number of benzene rings is 2. The van der Waals surface area contributed by atoms with Crippen LogP contribution in [-0.4, -0.2) is 29.0 Å². The van der Waals surface area contributed by atoms with Crippen LogP contribution in [-0.2, 0) is 0 Å². The number of carbonyl (C=O) groups excluding carboxylic acids is 1. The van der Waals surface area contributed by atoms with Crippen LogP contribution in [0.5, 0.6) is 5.75 Å². The number of methoxy groups -OCH3 is 1. The number of rotatable bonds is 4. The Morgan fingerprint density at radius 2 is 1.91 bits per heavy atom. The van der Waals surface area contributed by atoms with Crippen molar-refractivity contribution in [3.63, 3.8) is 0 Å². The first-order chi connectivity index (χ1) is 15.2. The lowest BCUT2D eigenvalue weighted by Gasteiger charge is -2.33. The molecular formula is C21H17Cl2F3N4O2. The maximum Gasteiger partial charge on any atom is 0.410 e. The number of fused-ring (bicyclic) bond motifs is 1. The molecule has 0 saturated carbocycles. The number of carbonyl (C=O) groups is 1. The van der Waals surface area contributed by atoms with E-state index in [1.165, 1.54) is 19.2 Å². The Labute approximate surface area is 191 Å². The van der Waals surface area contributed by atoms with Crippen LogP contribution in [0.1, 0.15) is 34.6 Å². The minimum absolute atomic E-state index is 0.0939. The molecule has 2 unspecified atom stereocenters. The SMILES string of the molecule is COc1ccc(NC(=O)c2cc3n(n2)C(C(F)(F)F)CC(c2ccc(Cl)cc2)N3)cc1Cl. The van der Waals surface area contributed by atoms with Crippen molar-refractivity contribution < 1.29 is 22.7 Å². The maximum atomic E-state index is 13.8. The summed E-state index contributed by atoms with van der Waals surface area (Å²) < 4.78 is 47.3. The predicted molar refractivity (Wildman–Crippen MR) is 116 cm³/mol. The highest BCUT2D eigenvalue weighted by Gasteiger charge is 2.46. The van der Waals surface area contributed by atoms with Crippen LogP contribution in [0.2, 0.25) is 10.0 Å². The zero-order valence-electron chi connectivity index (χ0n) is 16.6. The Hall–Kier alpha value is -2.91. The number of hydrogen-bond donors (Lipinski definition) is 2. The van der Waals surface area contributed by atoms with Gasteiger partial charge in [-0.1, -0.05) is 35.3 Å². The largest absolute Gasteiger partial charge is 0.495 e. The third kappa shape index (κ3) is 4.49. The van der Waals surface area contributed by atoms with Crippen molar-refractivity contribution in [2.24, 2.45) is 0 Å². The number of hydrogen-bond acceptors (Lipinski definition) is 4. The van der Waals surface area contributed by atoms with Crippen molar-refractivity contribution in [3.8, 4) is 5.75 Å². The number of aromatic nitrogens is 2. The van der Waals surface area contributed by atoms with Crippen LogP contribution in [0.15, 0.2) is 48.5 Å². The van der Waals surface area contributed by atoms with Crippen molar-refractivity contribution in [2.45, 2.75) is 24.7 Å². The first-order valence-electron chi connectivity index (χ1n) is 9.49. The molecule has 4 rings (SSSR count). The van der Waals surface area contributed by atoms with Gasteiger partial charge in [-0.15, -0.1) is 0 Å². The minimum atomic E-state index is -4.55. The van der Waals surface area contributed by atoms with E-state index in [2.05, 4.69) is 15.7 Å². The van der Waals surface area contributed by atoms with Gasteiger partial charge in [-0.05, 0) is 35.9 Å². The van der Waals surface area contributed by atoms with Crippen LogP contribution in [0, 0.1) is 0 Å². The fourth-order valence-corrected chi connectivity index (χ4v) is 3.92. The molecule has 1 aromatic heterocycles. The fourth-order valence-electron chi connectivity index (χ4n) is 3.54. The smallest absolute Gasteiger partial charge is 0.410 e. The maximum absolute atomic E-state index is 13.8. The van der Waals surface area contributed by atoms with Crippen LogP contribution >= 0.6 is 23.2 Å². The molecule has 3 aromatic rings. The van der Waals surface area contributed by atoms with Crippen LogP contribution < -0.4 is 15.4 Å². The second kappa shape index (κ2) is 8.55. The van der Waals surface area contributed by atoms with Gasteiger partial charge in [0.25, 0.3) is 5.91 Å². The molecule has 1 aliphatic rings. The van der Waals surface area contributed by atoms with E-state index in [1.807, 2.05) is 0 Å². The lowest BCUT2D eigenvalue weighted by Crippen LogP contribution is -2.35. The average Bonchev–Trinajstić information content (AvgIpc) is 3.17. The van der Waals surface area contributed by atoms with Gasteiger partial charge in [-0.2, -0.15) is 18.3 Å². The molecule has 0 bridgehead atoms. The number of anilines is 2. The molecule has 11 heteroatoms. The van der Waals surface area contributed by atoms with Crippen molar-refractivity contribution in [1.82, 2.24) is 9.78 Å². The molecule has 0 spiro atoms. The molecule has 0 fully saturated rings. The number of nitrogens with zero attached hydrogens (tertiary/aromatic N) is 2. The fraction of sp³-hybridized carbons (Fsp3) is 0.238. The lowest BCUT2D eigenvalue weighted by atomic mass is 9.97. The van der Waals surface area contributed by atoms with E-state index < -0.39 is 24.2 Å². The minimum Gasteiger partial charge on any atom is -0.495 e. The van der Waals surface area contributed by atoms with Gasteiger partial charge in [-0.25, -0.2) is 4.68 Å². The van der Waals surface area contributed by atoms with Gasteiger partial charge in [0.1, 0.15) is 11.6 Å². The Bertz CT molecular complexity index is 1150. The Balaban J connectivity index is 1.62. The Morgan fingerprint density at radius 3 is 2.53 bits per heavy atom. The molecule has 6 nitrogen and oxygen atoms in total. The number of alkyl halides is 3. The second-order valence-electron chi connectivity index (χ2n) is 7.20. The number of amides is 1. The van der Waals surface area contributed by atoms with Crippen molar-refractivity contribution in [1.29, 1.82) is 0 Å². The van der Waals surface area contributed by atoms with Crippen molar-refractivity contribution >= 4 is 40.6 Å². The first-order valence-corrected chi connectivity index (χ1v) is 10.2. The molecular weight excluding hydrogens is 468 g/mol. The summed E-state index contributed by atoms with van der Waals surface area (Å²) in [7, 11) is 1.45. The van der Waals surface area contributed by atoms with E-state index in [0.717, 1.165) is 4.68 Å². The number of nitrogens with one attached hydrogen (secondary N) is 2. The monoisotopic (exact) mass is 484 g/mol. The molecule has 2 atom stereocenters. The van der Waals surface area contributed by atoms with Gasteiger partial charge in [0.2, 0.25) is 0 Å². The standard InChI is InChI=1S/C21H17Cl2F3N4O2/c1-32-17-7-6-13(8-14(17)23)27-20(31)16-10-19-28-15(11-2-4-12(22)5-3-11)9-18(21(24,25)26)30(19)29-16/h2-8,10,15,18,28H,9H2,1H3,(H,27,31). The zero-order valence-corrected chi connectivity index (χ0v) is 18.1. The molecule has 168 valence electrons. The second-order valence-corrected chi connectivity index (χ2v) is 8.05. The zero-order chi connectivity index (χ0) is 23.0. The van der Waals surface area contributed by atoms with E-state index in [4.69, 9.17) is 27.9 Å². The summed E-state index contributed by atoms with van der Waals surface area (Å²) in [4.78, 5) is 12.7. The summed E-state index contributed by atoms with van der Waals surface area (Å²) in [6.07, 6.45) is -4.83. The first kappa shape index (κ1) is 22.3. The summed E-state index contributed by atoms with van der Waals surface area (Å²) in [5, 5.41) is 10.3. The van der Waals surface area contributed by atoms with Gasteiger partial charge in [-0.3, -0.25) is 4.79 Å². The molecule has 0 saturated heterocycles. The predicted octanol–water partition coefficient (Wildman–Crippen LogP) is 6.11. The Kier molecular flexibility index (Phi) is 5.96. The van der Waals surface area contributed by atoms with E-state index >= 15 is 0 Å². The molecule has 1 aliphatic heterocycles. The third-order valence-corrected chi connectivity index (χ3v) is 5.65. The van der Waals surface area contributed by atoms with E-state index in [-0.39, 0.29) is 23.0 Å². The van der Waals surface area contributed by atoms with E-state index in [0.29, 0.717) is 22.0 Å². The highest BCUT2D eigenvalue weighted by Crippen LogP contribution is 2.43. The third-order valence-electron chi connectivity index (χ3n) is 5.10. The van der Waals surface area contributed by atoms with Crippen LogP contribution in [0.25, 0.3) is 0 Å². The summed E-state index contributed by atoms with van der Waals surface area (Å²) >= 11 is 11.9. The highest BCUT2D eigenvalue weighted by molar-refractivity contribution is 6.32. The van der Waals surface area contributed by atoms with Crippen molar-refractivity contribution in [2.75, 3.05) is 17.7 Å². The normalized spacial score (nSPS) is 17.9. The number of halogens is 5. The molecule has 0 radical (unpaired) electrons. The number of ether oxygens (including phenoxy) is 1. The molecule has 1 amide bonds. The summed E-state index contributed by atoms with van der Waals surface area (Å²) in [5.74, 6) is -0.150. The summed E-state index contributed by atoms with van der Waals surface area (Å²) in [6.45, 7) is 0. The topological polar surface area (TPSA) is 68.2 Å². The van der Waals surface area contributed by atoms with Gasteiger partial charge < -0.3 is 15.4 Å². The highest BCUT2D eigenvalue weighted by atomic mass is 35.5. The quantitative estimate of drug-likeness (QED) is 0.468. The molecule has 32 heavy (non-hydrogen) atoms. The molecule has 2 N–H and O–H groups in total. The van der Waals surface area contributed by atoms with Gasteiger partial charge in [0.05, 0.1) is 18.2 Å². The lowest BCUT2D eigenvalue weighted by molar-refractivity contribution is -0.173. The van der Waals surface area contributed by atoms with Gasteiger partial charge in [0, 0.05) is 23.2 Å². The average molecular weight is 485 g/mol. The van der Waals surface area contributed by atoms with Crippen molar-refractivity contribution in [3.05, 3.63) is 69.8 Å². The van der Waals surface area contributed by atoms with E-state index in [9.17, 15) is 18.0 Å². The van der Waals surface area contributed by atoms with Crippen LogP contribution in [0.3, 0.4) is 0 Å². The summed E-state index contributed by atoms with van der Waals surface area (Å²) in [6, 6.07) is 9.94. The van der Waals surface area contributed by atoms with Crippen LogP contribution in [0.4, 0.5) is 24.7 Å². The van der Waals surface area contributed by atoms with E-state index in [1.54, 1.807) is 36.4 Å². The van der Waals surface area contributed by atoms with Gasteiger partial charge >= 0.3 is 6.18 Å². The molecule has 2 heterocycles. The Morgan fingerprint density at radius 1 is 1.19 bits per heavy atom. The van der Waals surface area contributed by atoms with Gasteiger partial charge in [0.15, 0.2) is 11.7 Å². The molecule has 0 aliphatic carbocycles. The summed E-state index contributed by atoms with van der Waals surface area (Å²) in [5.41, 5.74) is 0.839.